The maximum Gasteiger partial charge on any atom is 0.0231 e. The number of nitrogens with zero attached hydrogens (tertiary/aromatic N) is 1. The second kappa shape index (κ2) is 7.57. The van der Waals surface area contributed by atoms with Gasteiger partial charge in [-0.15, -0.1) is 0 Å². The molecular weight excluding hydrogens is 216 g/mol. The average molecular weight is 244 g/mol. The Hall–Kier alpha value is 0.270. The van der Waals surface area contributed by atoms with Crippen LogP contribution >= 0.6 is 11.8 Å². The molecule has 1 saturated heterocycles. The van der Waals surface area contributed by atoms with E-state index in [2.05, 4.69) is 42.7 Å². The van der Waals surface area contributed by atoms with E-state index in [1.807, 2.05) is 0 Å². The molecule has 0 aromatic rings. The molecule has 0 saturated carbocycles. The van der Waals surface area contributed by atoms with Crippen LogP contribution in [0, 0.1) is 0 Å². The third-order valence-electron chi connectivity index (χ3n) is 3.07. The van der Waals surface area contributed by atoms with E-state index in [0.717, 1.165) is 6.54 Å². The topological polar surface area (TPSA) is 15.3 Å². The summed E-state index contributed by atoms with van der Waals surface area (Å²) in [6.45, 7) is 13.1. The second-order valence-corrected chi connectivity index (χ2v) is 7.14. The van der Waals surface area contributed by atoms with Gasteiger partial charge < -0.3 is 5.32 Å². The van der Waals surface area contributed by atoms with Gasteiger partial charge in [0.1, 0.15) is 0 Å². The third-order valence-corrected chi connectivity index (χ3v) is 4.36. The van der Waals surface area contributed by atoms with Gasteiger partial charge in [-0.3, -0.25) is 4.90 Å². The number of hydrogen-bond donors (Lipinski definition) is 1. The summed E-state index contributed by atoms with van der Waals surface area (Å²) >= 11 is 2.11. The van der Waals surface area contributed by atoms with Gasteiger partial charge in [0, 0.05) is 36.7 Å². The Bertz CT molecular complexity index is 183. The van der Waals surface area contributed by atoms with Gasteiger partial charge in [0.05, 0.1) is 0 Å². The van der Waals surface area contributed by atoms with Crippen LogP contribution in [0.25, 0.3) is 0 Å². The molecule has 96 valence electrons. The normalized spacial score (nSPS) is 21.2. The van der Waals surface area contributed by atoms with Crippen molar-refractivity contribution in [1.82, 2.24) is 10.2 Å². The molecule has 0 atom stereocenters. The number of rotatable bonds is 7. The number of thioether (sulfide) groups is 1. The molecule has 1 fully saturated rings. The molecule has 1 rings (SSSR count). The minimum Gasteiger partial charge on any atom is -0.315 e. The fourth-order valence-corrected chi connectivity index (χ4v) is 3.34. The van der Waals surface area contributed by atoms with Gasteiger partial charge in [-0.1, -0.05) is 19.8 Å². The molecule has 1 N–H and O–H groups in total. The summed E-state index contributed by atoms with van der Waals surface area (Å²) in [6, 6.07) is 0. The summed E-state index contributed by atoms with van der Waals surface area (Å²) in [4.78, 5) is 2.60. The zero-order valence-corrected chi connectivity index (χ0v) is 12.0. The van der Waals surface area contributed by atoms with Gasteiger partial charge in [-0.2, -0.15) is 11.8 Å². The van der Waals surface area contributed by atoms with Crippen molar-refractivity contribution in [2.24, 2.45) is 0 Å². The van der Waals surface area contributed by atoms with E-state index in [1.165, 1.54) is 51.2 Å². The Labute approximate surface area is 106 Å². The molecular formula is C13H28N2S. The lowest BCUT2D eigenvalue weighted by molar-refractivity contribution is 0.260. The minimum atomic E-state index is 0.459. The molecule has 0 spiro atoms. The molecule has 16 heavy (non-hydrogen) atoms. The Morgan fingerprint density at radius 1 is 1.25 bits per heavy atom. The SMILES string of the molecule is CCCCCNCCN1CCSC(C)(C)C1. The lowest BCUT2D eigenvalue weighted by Gasteiger charge is -2.37. The highest BCUT2D eigenvalue weighted by Crippen LogP contribution is 2.28. The molecule has 0 aromatic carbocycles. The lowest BCUT2D eigenvalue weighted by Crippen LogP contribution is -2.45. The van der Waals surface area contributed by atoms with E-state index in [9.17, 15) is 0 Å². The third kappa shape index (κ3) is 6.12. The predicted molar refractivity (Wildman–Crippen MR) is 75.4 cm³/mol. The van der Waals surface area contributed by atoms with E-state index in [0.29, 0.717) is 4.75 Å². The molecule has 0 aromatic heterocycles. The molecule has 1 heterocycles. The van der Waals surface area contributed by atoms with Crippen LogP contribution in [0.15, 0.2) is 0 Å². The van der Waals surface area contributed by atoms with Crippen LogP contribution in [0.1, 0.15) is 40.0 Å². The summed E-state index contributed by atoms with van der Waals surface area (Å²) in [6.07, 6.45) is 4.01. The van der Waals surface area contributed by atoms with Crippen LogP contribution in [-0.4, -0.2) is 48.1 Å². The van der Waals surface area contributed by atoms with Crippen molar-refractivity contribution in [2.45, 2.75) is 44.8 Å². The predicted octanol–water partition coefficient (Wildman–Crippen LogP) is 2.59. The van der Waals surface area contributed by atoms with Crippen molar-refractivity contribution >= 4 is 11.8 Å². The maximum atomic E-state index is 3.55. The molecule has 0 aliphatic carbocycles. The largest absolute Gasteiger partial charge is 0.315 e. The molecule has 0 amide bonds. The molecule has 1 aliphatic heterocycles. The van der Waals surface area contributed by atoms with Crippen LogP contribution in [0.2, 0.25) is 0 Å². The summed E-state index contributed by atoms with van der Waals surface area (Å²) < 4.78 is 0.459. The molecule has 0 radical (unpaired) electrons. The van der Waals surface area contributed by atoms with Crippen molar-refractivity contribution in [1.29, 1.82) is 0 Å². The molecule has 0 unspecified atom stereocenters. The highest BCUT2D eigenvalue weighted by molar-refractivity contribution is 8.00. The number of hydrogen-bond acceptors (Lipinski definition) is 3. The first-order valence-corrected chi connectivity index (χ1v) is 7.69. The zero-order valence-electron chi connectivity index (χ0n) is 11.2. The van der Waals surface area contributed by atoms with Crippen molar-refractivity contribution in [3.05, 3.63) is 0 Å². The minimum absolute atomic E-state index is 0.459. The Morgan fingerprint density at radius 2 is 2.06 bits per heavy atom. The van der Waals surface area contributed by atoms with Gasteiger partial charge in [-0.05, 0) is 26.8 Å². The summed E-state index contributed by atoms with van der Waals surface area (Å²) in [5.41, 5.74) is 0. The first-order chi connectivity index (χ1) is 7.64. The van der Waals surface area contributed by atoms with Crippen LogP contribution in [0.5, 0.6) is 0 Å². The Kier molecular flexibility index (Phi) is 6.78. The maximum absolute atomic E-state index is 3.55. The van der Waals surface area contributed by atoms with E-state index in [-0.39, 0.29) is 0 Å². The fourth-order valence-electron chi connectivity index (χ4n) is 2.17. The quantitative estimate of drug-likeness (QED) is 0.693. The van der Waals surface area contributed by atoms with Crippen LogP contribution in [0.4, 0.5) is 0 Å². The molecule has 0 bridgehead atoms. The average Bonchev–Trinajstić information content (AvgIpc) is 2.22. The van der Waals surface area contributed by atoms with Crippen LogP contribution < -0.4 is 5.32 Å². The molecule has 1 aliphatic rings. The second-order valence-electron chi connectivity index (χ2n) is 5.34. The Balaban J connectivity index is 2.00. The molecule has 2 nitrogen and oxygen atoms in total. The highest BCUT2D eigenvalue weighted by Gasteiger charge is 2.26. The summed E-state index contributed by atoms with van der Waals surface area (Å²) in [5, 5.41) is 3.55. The standard InChI is InChI=1S/C13H28N2S/c1-4-5-6-7-14-8-9-15-10-11-16-13(2,3)12-15/h14H,4-12H2,1-3H3. The summed E-state index contributed by atoms with van der Waals surface area (Å²) in [5.74, 6) is 1.29. The van der Waals surface area contributed by atoms with Gasteiger partial charge >= 0.3 is 0 Å². The number of nitrogens with one attached hydrogen (secondary N) is 1. The first-order valence-electron chi connectivity index (χ1n) is 6.71. The fraction of sp³-hybridized carbons (Fsp3) is 1.00. The van der Waals surface area contributed by atoms with Gasteiger partial charge in [0.2, 0.25) is 0 Å². The van der Waals surface area contributed by atoms with E-state index in [4.69, 9.17) is 0 Å². The Morgan fingerprint density at radius 3 is 2.75 bits per heavy atom. The van der Waals surface area contributed by atoms with E-state index < -0.39 is 0 Å². The van der Waals surface area contributed by atoms with Crippen molar-refractivity contribution in [2.75, 3.05) is 38.5 Å². The van der Waals surface area contributed by atoms with Crippen LogP contribution in [-0.2, 0) is 0 Å². The zero-order chi connectivity index (χ0) is 11.9. The van der Waals surface area contributed by atoms with Crippen molar-refractivity contribution in [3.8, 4) is 0 Å². The number of unbranched alkanes of at least 4 members (excludes halogenated alkanes) is 2. The van der Waals surface area contributed by atoms with Gasteiger partial charge in [-0.25, -0.2) is 0 Å². The smallest absolute Gasteiger partial charge is 0.0231 e. The summed E-state index contributed by atoms with van der Waals surface area (Å²) in [7, 11) is 0. The van der Waals surface area contributed by atoms with E-state index >= 15 is 0 Å². The monoisotopic (exact) mass is 244 g/mol. The molecule has 3 heteroatoms. The van der Waals surface area contributed by atoms with Crippen LogP contribution in [0.3, 0.4) is 0 Å². The van der Waals surface area contributed by atoms with E-state index in [1.54, 1.807) is 0 Å². The lowest BCUT2D eigenvalue weighted by atomic mass is 10.2. The van der Waals surface area contributed by atoms with Gasteiger partial charge in [0.15, 0.2) is 0 Å². The first kappa shape index (κ1) is 14.3. The van der Waals surface area contributed by atoms with Crippen molar-refractivity contribution < 1.29 is 0 Å². The highest BCUT2D eigenvalue weighted by atomic mass is 32.2. The van der Waals surface area contributed by atoms with Gasteiger partial charge in [0.25, 0.3) is 0 Å². The van der Waals surface area contributed by atoms with Crippen molar-refractivity contribution in [3.63, 3.8) is 0 Å².